The van der Waals surface area contributed by atoms with Crippen molar-refractivity contribution < 1.29 is 8.91 Å². The van der Waals surface area contributed by atoms with Crippen molar-refractivity contribution in [3.63, 3.8) is 0 Å². The number of benzene rings is 2. The van der Waals surface area contributed by atoms with Crippen LogP contribution >= 0.6 is 17.0 Å². The zero-order valence-corrected chi connectivity index (χ0v) is 16.2. The third kappa shape index (κ3) is 4.51. The number of anilines is 1. The summed E-state index contributed by atoms with van der Waals surface area (Å²) in [5.74, 6) is 0.547. The minimum absolute atomic E-state index is 0. The summed E-state index contributed by atoms with van der Waals surface area (Å²) in [6.45, 7) is 0.145. The van der Waals surface area contributed by atoms with Crippen molar-refractivity contribution in [2.45, 2.75) is 25.8 Å². The maximum atomic E-state index is 13.3. The number of nitrogens with zero attached hydrogens (tertiary/aromatic N) is 3. The first-order chi connectivity index (χ1) is 12.7. The molecule has 1 aromatic heterocycles. The molecule has 0 unspecified atom stereocenters. The molecule has 0 fully saturated rings. The predicted octanol–water partition coefficient (Wildman–Crippen LogP) is 3.87. The van der Waals surface area contributed by atoms with Crippen LogP contribution in [0.4, 0.5) is 10.1 Å². The molecule has 27 heavy (non-hydrogen) atoms. The maximum absolute atomic E-state index is 13.3. The molecule has 3 aromatic rings. The second-order valence-electron chi connectivity index (χ2n) is 6.19. The minimum atomic E-state index is -0.352. The van der Waals surface area contributed by atoms with Crippen molar-refractivity contribution in [1.82, 2.24) is 10.1 Å². The number of guanidine groups is 1. The lowest BCUT2D eigenvalue weighted by molar-refractivity contribution is 0.381. The molecule has 0 atom stereocenters. The first-order valence-corrected chi connectivity index (χ1v) is 8.45. The summed E-state index contributed by atoms with van der Waals surface area (Å²) in [5, 5.41) is 6.92. The van der Waals surface area contributed by atoms with Crippen molar-refractivity contribution in [3.8, 4) is 11.4 Å². The Kier molecular flexibility index (Phi) is 5.85. The molecule has 4 rings (SSSR count). The van der Waals surface area contributed by atoms with Crippen LogP contribution in [-0.4, -0.2) is 16.1 Å². The molecule has 0 saturated heterocycles. The highest BCUT2D eigenvalue weighted by molar-refractivity contribution is 8.93. The van der Waals surface area contributed by atoms with Crippen molar-refractivity contribution in [1.29, 1.82) is 0 Å². The molecule has 0 radical (unpaired) electrons. The standard InChI is InChI=1S/C19H18FN5O.BrH/c20-15-6-2-5-14(9-15)18-24-17(26-25-18)11-22-19(21)23-16-8-7-12-3-1-4-13(12)10-16;/h2,5-10H,1,3-4,11H2,(H3,21,22,23);1H. The number of aliphatic imine (C=N–C) groups is 1. The Hall–Kier alpha value is -2.74. The highest BCUT2D eigenvalue weighted by Gasteiger charge is 2.11. The molecule has 0 spiro atoms. The van der Waals surface area contributed by atoms with E-state index in [4.69, 9.17) is 10.3 Å². The molecular weight excluding hydrogens is 413 g/mol. The van der Waals surface area contributed by atoms with Crippen LogP contribution in [0.2, 0.25) is 0 Å². The van der Waals surface area contributed by atoms with Gasteiger partial charge in [0.25, 0.3) is 0 Å². The van der Waals surface area contributed by atoms with Gasteiger partial charge in [0, 0.05) is 11.3 Å². The fourth-order valence-corrected chi connectivity index (χ4v) is 3.05. The second kappa shape index (κ2) is 8.30. The molecule has 140 valence electrons. The monoisotopic (exact) mass is 431 g/mol. The fraction of sp³-hybridized carbons (Fsp3) is 0.211. The largest absolute Gasteiger partial charge is 0.370 e. The van der Waals surface area contributed by atoms with Gasteiger partial charge in [-0.3, -0.25) is 0 Å². The third-order valence-electron chi connectivity index (χ3n) is 4.31. The van der Waals surface area contributed by atoms with Crippen molar-refractivity contribution >= 4 is 28.6 Å². The van der Waals surface area contributed by atoms with E-state index in [1.165, 1.54) is 29.7 Å². The van der Waals surface area contributed by atoms with E-state index in [-0.39, 0.29) is 35.3 Å². The van der Waals surface area contributed by atoms with Crippen LogP contribution in [0.25, 0.3) is 11.4 Å². The Morgan fingerprint density at radius 1 is 1.19 bits per heavy atom. The zero-order chi connectivity index (χ0) is 17.9. The SMILES string of the molecule is Br.NC(=NCc1nc(-c2cccc(F)c2)no1)Nc1ccc2c(c1)CCC2. The summed E-state index contributed by atoms with van der Waals surface area (Å²) in [4.78, 5) is 8.43. The van der Waals surface area contributed by atoms with Gasteiger partial charge in [-0.15, -0.1) is 17.0 Å². The molecule has 1 aliphatic rings. The molecule has 6 nitrogen and oxygen atoms in total. The van der Waals surface area contributed by atoms with E-state index in [9.17, 15) is 4.39 Å². The van der Waals surface area contributed by atoms with Crippen LogP contribution in [0.15, 0.2) is 52.0 Å². The Balaban J connectivity index is 0.00000210. The summed E-state index contributed by atoms with van der Waals surface area (Å²) >= 11 is 0. The van der Waals surface area contributed by atoms with E-state index in [1.54, 1.807) is 12.1 Å². The van der Waals surface area contributed by atoms with Crippen LogP contribution in [0, 0.1) is 5.82 Å². The lowest BCUT2D eigenvalue weighted by atomic mass is 10.1. The van der Waals surface area contributed by atoms with Gasteiger partial charge in [-0.1, -0.05) is 23.4 Å². The van der Waals surface area contributed by atoms with Gasteiger partial charge >= 0.3 is 0 Å². The van der Waals surface area contributed by atoms with Crippen LogP contribution in [0.1, 0.15) is 23.4 Å². The molecular formula is C19H19BrFN5O. The Bertz CT molecular complexity index is 972. The van der Waals surface area contributed by atoms with Crippen molar-refractivity contribution in [3.05, 3.63) is 65.3 Å². The number of hydrogen-bond donors (Lipinski definition) is 2. The van der Waals surface area contributed by atoms with Gasteiger partial charge in [-0.25, -0.2) is 9.38 Å². The minimum Gasteiger partial charge on any atom is -0.370 e. The fourth-order valence-electron chi connectivity index (χ4n) is 3.05. The highest BCUT2D eigenvalue weighted by atomic mass is 79.9. The maximum Gasteiger partial charge on any atom is 0.248 e. The van der Waals surface area contributed by atoms with Crippen molar-refractivity contribution in [2.75, 3.05) is 5.32 Å². The number of rotatable bonds is 4. The number of fused-ring (bicyclic) bond motifs is 1. The third-order valence-corrected chi connectivity index (χ3v) is 4.31. The summed E-state index contributed by atoms with van der Waals surface area (Å²) < 4.78 is 18.4. The number of hydrogen-bond acceptors (Lipinski definition) is 4. The van der Waals surface area contributed by atoms with Gasteiger partial charge in [0.15, 0.2) is 5.96 Å². The first kappa shape index (κ1) is 19.0. The zero-order valence-electron chi connectivity index (χ0n) is 14.5. The van der Waals surface area contributed by atoms with Gasteiger partial charge in [-0.05, 0) is 54.7 Å². The van der Waals surface area contributed by atoms with Gasteiger partial charge in [-0.2, -0.15) is 4.98 Å². The molecule has 3 N–H and O–H groups in total. The number of halogens is 2. The van der Waals surface area contributed by atoms with Gasteiger partial charge < -0.3 is 15.6 Å². The van der Waals surface area contributed by atoms with E-state index in [2.05, 4.69) is 32.6 Å². The van der Waals surface area contributed by atoms with Gasteiger partial charge in [0.2, 0.25) is 11.7 Å². The van der Waals surface area contributed by atoms with Crippen LogP contribution < -0.4 is 11.1 Å². The van der Waals surface area contributed by atoms with Crippen molar-refractivity contribution in [2.24, 2.45) is 10.7 Å². The predicted molar refractivity (Wildman–Crippen MR) is 107 cm³/mol. The Morgan fingerprint density at radius 2 is 2.04 bits per heavy atom. The summed E-state index contributed by atoms with van der Waals surface area (Å²) in [7, 11) is 0. The second-order valence-corrected chi connectivity index (χ2v) is 6.19. The summed E-state index contributed by atoms with van der Waals surface area (Å²) in [5.41, 5.74) is 10.2. The average molecular weight is 432 g/mol. The molecule has 1 heterocycles. The summed E-state index contributed by atoms with van der Waals surface area (Å²) in [6, 6.07) is 12.3. The number of aromatic nitrogens is 2. The number of aryl methyl sites for hydroxylation is 2. The Labute approximate surface area is 166 Å². The average Bonchev–Trinajstić information content (AvgIpc) is 3.29. The molecule has 0 bridgehead atoms. The van der Waals surface area contributed by atoms with E-state index in [0.29, 0.717) is 17.3 Å². The number of nitrogens with two attached hydrogens (primary N) is 1. The molecule has 2 aromatic carbocycles. The van der Waals surface area contributed by atoms with Crippen LogP contribution in [0.3, 0.4) is 0 Å². The van der Waals surface area contributed by atoms with E-state index in [0.717, 1.165) is 18.5 Å². The summed E-state index contributed by atoms with van der Waals surface area (Å²) in [6.07, 6.45) is 3.45. The lowest BCUT2D eigenvalue weighted by Crippen LogP contribution is -2.22. The molecule has 1 aliphatic carbocycles. The van der Waals surface area contributed by atoms with Crippen LogP contribution in [0.5, 0.6) is 0 Å². The molecule has 0 amide bonds. The van der Waals surface area contributed by atoms with Crippen LogP contribution in [-0.2, 0) is 19.4 Å². The molecule has 8 heteroatoms. The Morgan fingerprint density at radius 3 is 2.89 bits per heavy atom. The topological polar surface area (TPSA) is 89.3 Å². The molecule has 0 aliphatic heterocycles. The first-order valence-electron chi connectivity index (χ1n) is 8.45. The van der Waals surface area contributed by atoms with E-state index in [1.807, 2.05) is 6.07 Å². The molecule has 0 saturated carbocycles. The normalized spacial score (nSPS) is 13.1. The van der Waals surface area contributed by atoms with Gasteiger partial charge in [0.05, 0.1) is 0 Å². The van der Waals surface area contributed by atoms with E-state index < -0.39 is 0 Å². The quantitative estimate of drug-likeness (QED) is 0.483. The smallest absolute Gasteiger partial charge is 0.248 e. The lowest BCUT2D eigenvalue weighted by Gasteiger charge is -2.07. The van der Waals surface area contributed by atoms with Gasteiger partial charge in [0.1, 0.15) is 12.4 Å². The highest BCUT2D eigenvalue weighted by Crippen LogP contribution is 2.24. The number of nitrogens with one attached hydrogen (secondary N) is 1. The van der Waals surface area contributed by atoms with E-state index >= 15 is 0 Å².